The highest BCUT2D eigenvalue weighted by Crippen LogP contribution is 2.12. The third-order valence-corrected chi connectivity index (χ3v) is 3.21. The Kier molecular flexibility index (Phi) is 5.01. The second-order valence-electron chi connectivity index (χ2n) is 5.01. The summed E-state index contributed by atoms with van der Waals surface area (Å²) in [5.74, 6) is 0. The average Bonchev–Trinajstić information content (AvgIpc) is 2.22. The van der Waals surface area contributed by atoms with Gasteiger partial charge in [0.2, 0.25) is 0 Å². The normalized spacial score (nSPS) is 14.8. The van der Waals surface area contributed by atoms with E-state index in [-0.39, 0.29) is 0 Å². The largest absolute Gasteiger partial charge is 0.311 e. The van der Waals surface area contributed by atoms with Gasteiger partial charge in [0.15, 0.2) is 0 Å². The molecule has 0 saturated carbocycles. The number of rotatable bonds is 5. The van der Waals surface area contributed by atoms with Crippen LogP contribution in [0.4, 0.5) is 0 Å². The van der Waals surface area contributed by atoms with Crippen molar-refractivity contribution in [3.05, 3.63) is 34.9 Å². The van der Waals surface area contributed by atoms with Gasteiger partial charge in [-0.3, -0.25) is 0 Å². The lowest BCUT2D eigenvalue weighted by Crippen LogP contribution is -2.35. The van der Waals surface area contributed by atoms with Crippen LogP contribution < -0.4 is 5.32 Å². The van der Waals surface area contributed by atoms with Gasteiger partial charge in [-0.15, -0.1) is 0 Å². The van der Waals surface area contributed by atoms with Gasteiger partial charge in [0.25, 0.3) is 0 Å². The molecule has 2 atom stereocenters. The van der Waals surface area contributed by atoms with E-state index in [1.165, 1.54) is 23.1 Å². The maximum atomic E-state index is 3.62. The second-order valence-corrected chi connectivity index (χ2v) is 5.01. The lowest BCUT2D eigenvalue weighted by atomic mass is 9.99. The second kappa shape index (κ2) is 6.05. The minimum atomic E-state index is 0.552. The quantitative estimate of drug-likeness (QED) is 0.797. The van der Waals surface area contributed by atoms with Gasteiger partial charge < -0.3 is 5.32 Å². The summed E-state index contributed by atoms with van der Waals surface area (Å²) in [4.78, 5) is 0. The Morgan fingerprint density at radius 3 is 2.38 bits per heavy atom. The van der Waals surface area contributed by atoms with Crippen LogP contribution >= 0.6 is 0 Å². The summed E-state index contributed by atoms with van der Waals surface area (Å²) in [6.45, 7) is 11.1. The van der Waals surface area contributed by atoms with E-state index in [0.29, 0.717) is 12.1 Å². The first-order valence-electron chi connectivity index (χ1n) is 6.35. The summed E-state index contributed by atoms with van der Waals surface area (Å²) in [5.41, 5.74) is 4.23. The first-order chi connectivity index (χ1) is 7.52. The summed E-state index contributed by atoms with van der Waals surface area (Å²) in [7, 11) is 0. The molecule has 16 heavy (non-hydrogen) atoms. The van der Waals surface area contributed by atoms with Gasteiger partial charge in [-0.2, -0.15) is 0 Å². The van der Waals surface area contributed by atoms with Crippen molar-refractivity contribution < 1.29 is 0 Å². The molecule has 0 heterocycles. The number of aryl methyl sites for hydroxylation is 2. The van der Waals surface area contributed by atoms with Gasteiger partial charge in [0.1, 0.15) is 0 Å². The topological polar surface area (TPSA) is 12.0 Å². The molecule has 0 bridgehead atoms. The molecule has 0 aromatic heterocycles. The molecule has 0 saturated heterocycles. The molecule has 0 aliphatic heterocycles. The van der Waals surface area contributed by atoms with Crippen LogP contribution in [0.3, 0.4) is 0 Å². The van der Waals surface area contributed by atoms with Crippen molar-refractivity contribution in [2.45, 2.75) is 59.5 Å². The first kappa shape index (κ1) is 13.2. The van der Waals surface area contributed by atoms with E-state index >= 15 is 0 Å². The highest BCUT2D eigenvalue weighted by Gasteiger charge is 2.08. The Balaban J connectivity index is 2.59. The fraction of sp³-hybridized carbons (Fsp3) is 0.600. The van der Waals surface area contributed by atoms with Gasteiger partial charge in [-0.1, -0.05) is 30.7 Å². The van der Waals surface area contributed by atoms with Crippen molar-refractivity contribution >= 4 is 0 Å². The third kappa shape index (κ3) is 3.97. The van der Waals surface area contributed by atoms with Crippen LogP contribution in [-0.4, -0.2) is 12.1 Å². The van der Waals surface area contributed by atoms with Crippen molar-refractivity contribution in [3.8, 4) is 0 Å². The number of hydrogen-bond donors (Lipinski definition) is 1. The Morgan fingerprint density at radius 2 is 1.81 bits per heavy atom. The summed E-state index contributed by atoms with van der Waals surface area (Å²) < 4.78 is 0. The monoisotopic (exact) mass is 219 g/mol. The fourth-order valence-corrected chi connectivity index (χ4v) is 2.07. The molecule has 0 aliphatic rings. The zero-order chi connectivity index (χ0) is 12.1. The van der Waals surface area contributed by atoms with Crippen LogP contribution in [0.15, 0.2) is 18.2 Å². The van der Waals surface area contributed by atoms with Gasteiger partial charge >= 0.3 is 0 Å². The van der Waals surface area contributed by atoms with Gasteiger partial charge in [-0.25, -0.2) is 0 Å². The Hall–Kier alpha value is -0.820. The molecule has 1 N–H and O–H groups in total. The number of nitrogens with one attached hydrogen (secondary N) is 1. The molecule has 0 fully saturated rings. The summed E-state index contributed by atoms with van der Waals surface area (Å²) >= 11 is 0. The van der Waals surface area contributed by atoms with E-state index in [4.69, 9.17) is 0 Å². The molecule has 90 valence electrons. The van der Waals surface area contributed by atoms with Gasteiger partial charge in [0.05, 0.1) is 0 Å². The van der Waals surface area contributed by atoms with Crippen molar-refractivity contribution in [2.75, 3.05) is 0 Å². The van der Waals surface area contributed by atoms with Crippen LogP contribution in [0.1, 0.15) is 43.9 Å². The van der Waals surface area contributed by atoms with Crippen LogP contribution in [0.2, 0.25) is 0 Å². The highest BCUT2D eigenvalue weighted by atomic mass is 14.9. The maximum Gasteiger partial charge on any atom is 0.00817 e. The molecule has 1 nitrogen and oxygen atoms in total. The zero-order valence-electron chi connectivity index (χ0n) is 11.3. The van der Waals surface area contributed by atoms with E-state index < -0.39 is 0 Å². The van der Waals surface area contributed by atoms with E-state index in [2.05, 4.69) is 58.1 Å². The Morgan fingerprint density at radius 1 is 1.12 bits per heavy atom. The van der Waals surface area contributed by atoms with Crippen molar-refractivity contribution in [2.24, 2.45) is 0 Å². The smallest absolute Gasteiger partial charge is 0.00817 e. The van der Waals surface area contributed by atoms with E-state index in [0.717, 1.165) is 6.42 Å². The molecule has 0 spiro atoms. The predicted octanol–water partition coefficient (Wildman–Crippen LogP) is 3.62. The van der Waals surface area contributed by atoms with Crippen LogP contribution in [0.5, 0.6) is 0 Å². The lowest BCUT2D eigenvalue weighted by molar-refractivity contribution is 0.455. The Labute approximate surface area is 100 Å². The van der Waals surface area contributed by atoms with Gasteiger partial charge in [0, 0.05) is 12.1 Å². The zero-order valence-corrected chi connectivity index (χ0v) is 11.3. The molecule has 0 radical (unpaired) electrons. The standard InChI is InChI=1S/C15H25N/c1-6-13(4)16-14(5)10-15-8-7-11(2)9-12(15)3/h7-9,13-14,16H,6,10H2,1-5H3. The third-order valence-electron chi connectivity index (χ3n) is 3.21. The molecule has 1 aromatic rings. The fourth-order valence-electron chi connectivity index (χ4n) is 2.07. The summed E-state index contributed by atoms with van der Waals surface area (Å²) in [5, 5.41) is 3.62. The Bertz CT molecular complexity index is 330. The molecule has 1 aromatic carbocycles. The lowest BCUT2D eigenvalue weighted by Gasteiger charge is -2.19. The number of hydrogen-bond acceptors (Lipinski definition) is 1. The minimum absolute atomic E-state index is 0.552. The maximum absolute atomic E-state index is 3.62. The van der Waals surface area contributed by atoms with E-state index in [1.54, 1.807) is 0 Å². The van der Waals surface area contributed by atoms with Crippen molar-refractivity contribution in [1.29, 1.82) is 0 Å². The first-order valence-corrected chi connectivity index (χ1v) is 6.35. The summed E-state index contributed by atoms with van der Waals surface area (Å²) in [6, 6.07) is 7.90. The molecular formula is C15H25N. The van der Waals surface area contributed by atoms with E-state index in [1.807, 2.05) is 0 Å². The summed E-state index contributed by atoms with van der Waals surface area (Å²) in [6.07, 6.45) is 2.31. The minimum Gasteiger partial charge on any atom is -0.311 e. The van der Waals surface area contributed by atoms with Crippen molar-refractivity contribution in [1.82, 2.24) is 5.32 Å². The molecule has 2 unspecified atom stereocenters. The molecule has 0 aliphatic carbocycles. The van der Waals surface area contributed by atoms with Crippen LogP contribution in [-0.2, 0) is 6.42 Å². The molecular weight excluding hydrogens is 194 g/mol. The SMILES string of the molecule is CCC(C)NC(C)Cc1ccc(C)cc1C. The van der Waals surface area contributed by atoms with Gasteiger partial charge in [-0.05, 0) is 51.7 Å². The molecule has 1 rings (SSSR count). The predicted molar refractivity (Wildman–Crippen MR) is 72.0 cm³/mol. The highest BCUT2D eigenvalue weighted by molar-refractivity contribution is 5.30. The molecule has 1 heteroatoms. The number of benzene rings is 1. The van der Waals surface area contributed by atoms with Crippen LogP contribution in [0.25, 0.3) is 0 Å². The van der Waals surface area contributed by atoms with Crippen molar-refractivity contribution in [3.63, 3.8) is 0 Å². The average molecular weight is 219 g/mol. The molecule has 0 amide bonds. The van der Waals surface area contributed by atoms with E-state index in [9.17, 15) is 0 Å². The van der Waals surface area contributed by atoms with Crippen LogP contribution in [0, 0.1) is 13.8 Å².